The number of nitrogens with zero attached hydrogens (tertiary/aromatic N) is 4. The van der Waals surface area contributed by atoms with E-state index in [2.05, 4.69) is 20.3 Å². The molecule has 1 aromatic carbocycles. The second-order valence-electron chi connectivity index (χ2n) is 6.00. The monoisotopic (exact) mass is 403 g/mol. The minimum Gasteiger partial charge on any atom is -0.327 e. The molecule has 0 fully saturated rings. The Morgan fingerprint density at radius 1 is 1.12 bits per heavy atom. The molecule has 0 spiro atoms. The van der Waals surface area contributed by atoms with Crippen molar-refractivity contribution in [1.82, 2.24) is 19.9 Å². The van der Waals surface area contributed by atoms with Gasteiger partial charge in [-0.2, -0.15) is 0 Å². The second kappa shape index (κ2) is 6.90. The van der Waals surface area contributed by atoms with Crippen molar-refractivity contribution in [1.29, 1.82) is 0 Å². The Morgan fingerprint density at radius 2 is 1.85 bits per heavy atom. The predicted octanol–water partition coefficient (Wildman–Crippen LogP) is 4.69. The molecule has 1 N–H and O–H groups in total. The first kappa shape index (κ1) is 17.3. The van der Waals surface area contributed by atoms with Crippen LogP contribution in [0.2, 0.25) is 0 Å². The van der Waals surface area contributed by atoms with Crippen LogP contribution in [0.15, 0.2) is 17.5 Å². The van der Waals surface area contributed by atoms with Crippen LogP contribution < -0.4 is 5.32 Å². The number of hydrogen-bond acceptors (Lipinski definition) is 7. The summed E-state index contributed by atoms with van der Waals surface area (Å²) >= 11 is 4.78. The summed E-state index contributed by atoms with van der Waals surface area (Å²) in [5, 5.41) is 7.62. The van der Waals surface area contributed by atoms with E-state index in [0.717, 1.165) is 42.6 Å². The second-order valence-corrected chi connectivity index (χ2v) is 9.14. The molecule has 0 aliphatic heterocycles. The summed E-state index contributed by atoms with van der Waals surface area (Å²) in [5.41, 5.74) is 2.90. The van der Waals surface area contributed by atoms with E-state index < -0.39 is 0 Å². The van der Waals surface area contributed by atoms with Gasteiger partial charge in [0, 0.05) is 31.1 Å². The number of benzene rings is 1. The summed E-state index contributed by atoms with van der Waals surface area (Å²) in [4.78, 5) is 27.6. The maximum absolute atomic E-state index is 12.4. The van der Waals surface area contributed by atoms with Crippen LogP contribution in [0.3, 0.4) is 0 Å². The lowest BCUT2D eigenvalue weighted by molar-refractivity contribution is 0.223. The van der Waals surface area contributed by atoms with Crippen molar-refractivity contribution in [2.75, 3.05) is 18.9 Å². The minimum absolute atomic E-state index is 0.158. The number of carbonyl (C=O) groups excluding carboxylic acids is 1. The van der Waals surface area contributed by atoms with Crippen LogP contribution in [0, 0.1) is 13.8 Å². The average Bonchev–Trinajstić information content (AvgIpc) is 3.29. The van der Waals surface area contributed by atoms with E-state index in [-0.39, 0.29) is 6.03 Å². The van der Waals surface area contributed by atoms with Crippen LogP contribution in [-0.2, 0) is 6.42 Å². The van der Waals surface area contributed by atoms with E-state index in [9.17, 15) is 4.79 Å². The van der Waals surface area contributed by atoms with E-state index in [1.54, 1.807) is 34.6 Å². The maximum Gasteiger partial charge on any atom is 0.323 e. The Balaban J connectivity index is 1.47. The van der Waals surface area contributed by atoms with Gasteiger partial charge in [-0.05, 0) is 26.0 Å². The number of thiazole rings is 3. The van der Waals surface area contributed by atoms with Gasteiger partial charge in [-0.1, -0.05) is 11.3 Å². The zero-order valence-electron chi connectivity index (χ0n) is 14.6. The third kappa shape index (κ3) is 3.42. The van der Waals surface area contributed by atoms with Gasteiger partial charge < -0.3 is 4.90 Å². The molecule has 6 nitrogen and oxygen atoms in total. The van der Waals surface area contributed by atoms with Gasteiger partial charge in [0.25, 0.3) is 0 Å². The lowest BCUT2D eigenvalue weighted by Gasteiger charge is -2.16. The van der Waals surface area contributed by atoms with Crippen molar-refractivity contribution >= 4 is 65.6 Å². The number of rotatable bonds is 4. The third-order valence-electron chi connectivity index (χ3n) is 3.91. The summed E-state index contributed by atoms with van der Waals surface area (Å²) in [6.07, 6.45) is 0.753. The average molecular weight is 404 g/mol. The molecule has 4 aromatic rings. The van der Waals surface area contributed by atoms with Gasteiger partial charge in [-0.25, -0.2) is 19.7 Å². The van der Waals surface area contributed by atoms with Gasteiger partial charge in [0.2, 0.25) is 0 Å². The van der Waals surface area contributed by atoms with Crippen LogP contribution in [0.5, 0.6) is 0 Å². The van der Waals surface area contributed by atoms with E-state index in [1.807, 2.05) is 31.4 Å². The predicted molar refractivity (Wildman–Crippen MR) is 110 cm³/mol. The molecule has 0 radical (unpaired) electrons. The van der Waals surface area contributed by atoms with Gasteiger partial charge in [-0.15, -0.1) is 22.7 Å². The zero-order valence-corrected chi connectivity index (χ0v) is 17.0. The van der Waals surface area contributed by atoms with Crippen molar-refractivity contribution < 1.29 is 4.79 Å². The lowest BCUT2D eigenvalue weighted by Crippen LogP contribution is -2.32. The number of aromatic nitrogens is 3. The minimum atomic E-state index is -0.158. The highest BCUT2D eigenvalue weighted by Crippen LogP contribution is 2.35. The van der Waals surface area contributed by atoms with Crippen LogP contribution >= 0.6 is 34.0 Å². The van der Waals surface area contributed by atoms with E-state index in [4.69, 9.17) is 0 Å². The summed E-state index contributed by atoms with van der Waals surface area (Å²) in [6, 6.07) is 3.78. The van der Waals surface area contributed by atoms with Gasteiger partial charge in [-0.3, -0.25) is 5.32 Å². The number of aryl methyl sites for hydroxylation is 2. The highest BCUT2D eigenvalue weighted by atomic mass is 32.1. The molecular formula is C17H17N5OS3. The Hall–Kier alpha value is -2.10. The highest BCUT2D eigenvalue weighted by molar-refractivity contribution is 7.28. The van der Waals surface area contributed by atoms with Gasteiger partial charge in [0.1, 0.15) is 0 Å². The standard InChI is InChI=1S/C17H17N5OS3/c1-9-8-24-13(18-9)6-7-22(3)17(23)21-16-20-12-5-4-11-14(15(12)26-16)25-10(2)19-11/h4-5,8H,6-7H2,1-3H3,(H,20,21,23). The molecule has 9 heteroatoms. The fourth-order valence-electron chi connectivity index (χ4n) is 2.61. The molecule has 0 unspecified atom stereocenters. The number of amides is 2. The number of hydrogen-bond donors (Lipinski definition) is 1. The Morgan fingerprint density at radius 3 is 2.58 bits per heavy atom. The van der Waals surface area contributed by atoms with Crippen LogP contribution in [0.1, 0.15) is 15.7 Å². The summed E-state index contributed by atoms with van der Waals surface area (Å²) in [6.45, 7) is 4.59. The molecule has 4 rings (SSSR count). The van der Waals surface area contributed by atoms with Crippen LogP contribution in [0.25, 0.3) is 20.4 Å². The molecule has 134 valence electrons. The number of anilines is 1. The molecule has 26 heavy (non-hydrogen) atoms. The molecular weight excluding hydrogens is 386 g/mol. The van der Waals surface area contributed by atoms with Crippen molar-refractivity contribution in [2.45, 2.75) is 20.3 Å². The highest BCUT2D eigenvalue weighted by Gasteiger charge is 2.15. The normalized spacial score (nSPS) is 11.3. The summed E-state index contributed by atoms with van der Waals surface area (Å²) < 4.78 is 2.20. The molecule has 2 amide bonds. The smallest absolute Gasteiger partial charge is 0.323 e. The van der Waals surface area contributed by atoms with Gasteiger partial charge in [0.15, 0.2) is 5.13 Å². The molecule has 3 aromatic heterocycles. The topological polar surface area (TPSA) is 71.0 Å². The van der Waals surface area contributed by atoms with Crippen molar-refractivity contribution in [3.63, 3.8) is 0 Å². The number of likely N-dealkylation sites (N-methyl/N-ethyl adjacent to an activating group) is 1. The fourth-order valence-corrected chi connectivity index (χ4v) is 5.37. The van der Waals surface area contributed by atoms with Crippen LogP contribution in [-0.4, -0.2) is 39.5 Å². The number of nitrogens with one attached hydrogen (secondary N) is 1. The van der Waals surface area contributed by atoms with E-state index in [1.165, 1.54) is 11.3 Å². The Kier molecular flexibility index (Phi) is 4.60. The first-order valence-corrected chi connectivity index (χ1v) is 10.6. The fraction of sp³-hybridized carbons (Fsp3) is 0.294. The van der Waals surface area contributed by atoms with E-state index >= 15 is 0 Å². The quantitative estimate of drug-likeness (QED) is 0.537. The van der Waals surface area contributed by atoms with Gasteiger partial charge in [0.05, 0.1) is 30.4 Å². The molecule has 0 saturated carbocycles. The van der Waals surface area contributed by atoms with Gasteiger partial charge >= 0.3 is 6.03 Å². The molecule has 0 aliphatic carbocycles. The van der Waals surface area contributed by atoms with Crippen molar-refractivity contribution in [3.8, 4) is 0 Å². The Bertz CT molecular complexity index is 1100. The van der Waals surface area contributed by atoms with Crippen molar-refractivity contribution in [3.05, 3.63) is 33.2 Å². The molecule has 0 saturated heterocycles. The Labute approximate surface area is 162 Å². The number of urea groups is 1. The summed E-state index contributed by atoms with van der Waals surface area (Å²) in [7, 11) is 1.79. The zero-order chi connectivity index (χ0) is 18.3. The largest absolute Gasteiger partial charge is 0.327 e. The molecule has 3 heterocycles. The summed E-state index contributed by atoms with van der Waals surface area (Å²) in [5.74, 6) is 0. The lowest BCUT2D eigenvalue weighted by atomic mass is 10.3. The SMILES string of the molecule is Cc1csc(CCN(C)C(=O)Nc2nc3ccc4nc(C)sc4c3s2)n1. The third-order valence-corrected chi connectivity index (χ3v) is 7.07. The van der Waals surface area contributed by atoms with E-state index in [0.29, 0.717) is 11.7 Å². The number of fused-ring (bicyclic) bond motifs is 3. The molecule has 0 bridgehead atoms. The van der Waals surface area contributed by atoms with Crippen molar-refractivity contribution in [2.24, 2.45) is 0 Å². The first-order chi connectivity index (χ1) is 12.5. The van der Waals surface area contributed by atoms with Crippen LogP contribution in [0.4, 0.5) is 9.93 Å². The maximum atomic E-state index is 12.4. The molecule has 0 atom stereocenters. The molecule has 0 aliphatic rings. The number of carbonyl (C=O) groups is 1. The first-order valence-electron chi connectivity index (χ1n) is 8.09.